The molecule has 2 aliphatic rings. The predicted molar refractivity (Wildman–Crippen MR) is 77.0 cm³/mol. The Bertz CT molecular complexity index is 460. The zero-order valence-corrected chi connectivity index (χ0v) is 11.5. The summed E-state index contributed by atoms with van der Waals surface area (Å²) in [5.41, 5.74) is 2.28. The largest absolute Gasteiger partial charge is 0.382 e. The molecule has 0 radical (unpaired) electrons. The molecule has 0 aliphatic carbocycles. The van der Waals surface area contributed by atoms with E-state index >= 15 is 0 Å². The summed E-state index contributed by atoms with van der Waals surface area (Å²) in [5, 5.41) is 12.3. The summed E-state index contributed by atoms with van der Waals surface area (Å²) < 4.78 is 0. The van der Waals surface area contributed by atoms with Gasteiger partial charge in [0.25, 0.3) is 0 Å². The molecule has 100 valence electrons. The zero-order valence-electron chi connectivity index (χ0n) is 11.5. The highest BCUT2D eigenvalue weighted by atomic mass is 15.2. The molecule has 19 heavy (non-hydrogen) atoms. The van der Waals surface area contributed by atoms with Crippen LogP contribution in [0, 0.1) is 11.3 Å². The Morgan fingerprint density at radius 3 is 2.42 bits per heavy atom. The number of anilines is 1. The van der Waals surface area contributed by atoms with Crippen LogP contribution < -0.4 is 5.32 Å². The van der Waals surface area contributed by atoms with Crippen molar-refractivity contribution in [2.24, 2.45) is 0 Å². The lowest BCUT2D eigenvalue weighted by Crippen LogP contribution is -2.44. The van der Waals surface area contributed by atoms with Crippen molar-refractivity contribution >= 4 is 5.69 Å². The Kier molecular flexibility index (Phi) is 3.44. The molecule has 3 nitrogen and oxygen atoms in total. The van der Waals surface area contributed by atoms with Crippen LogP contribution in [0.15, 0.2) is 24.3 Å². The number of piperidine rings is 1. The summed E-state index contributed by atoms with van der Waals surface area (Å²) in [6.45, 7) is 0. The Morgan fingerprint density at radius 2 is 1.84 bits per heavy atom. The molecule has 2 bridgehead atoms. The van der Waals surface area contributed by atoms with E-state index in [1.807, 2.05) is 0 Å². The maximum absolute atomic E-state index is 8.67. The molecule has 2 saturated heterocycles. The molecule has 2 atom stereocenters. The fourth-order valence-electron chi connectivity index (χ4n) is 3.58. The van der Waals surface area contributed by atoms with Crippen molar-refractivity contribution in [2.45, 2.75) is 50.2 Å². The molecule has 0 aromatic heterocycles. The van der Waals surface area contributed by atoms with E-state index in [9.17, 15) is 0 Å². The molecule has 0 spiro atoms. The molecule has 1 N–H and O–H groups in total. The number of hydrogen-bond acceptors (Lipinski definition) is 3. The molecule has 3 heteroatoms. The fraction of sp³-hybridized carbons (Fsp3) is 0.562. The van der Waals surface area contributed by atoms with Gasteiger partial charge >= 0.3 is 0 Å². The Balaban J connectivity index is 1.61. The smallest absolute Gasteiger partial charge is 0.0669 e. The number of nitriles is 1. The van der Waals surface area contributed by atoms with Crippen molar-refractivity contribution in [3.8, 4) is 6.07 Å². The summed E-state index contributed by atoms with van der Waals surface area (Å²) in [6, 6.07) is 12.6. The third-order valence-corrected chi connectivity index (χ3v) is 4.71. The van der Waals surface area contributed by atoms with Crippen molar-refractivity contribution in [2.75, 3.05) is 12.4 Å². The summed E-state index contributed by atoms with van der Waals surface area (Å²) in [6.07, 6.45) is 5.74. The van der Waals surface area contributed by atoms with E-state index in [1.54, 1.807) is 0 Å². The molecule has 2 fully saturated rings. The summed E-state index contributed by atoms with van der Waals surface area (Å²) >= 11 is 0. The minimum atomic E-state index is 0.499. The Hall–Kier alpha value is -1.53. The van der Waals surface area contributed by atoms with Crippen LogP contribution in [0.5, 0.6) is 0 Å². The molecule has 2 heterocycles. The summed E-state index contributed by atoms with van der Waals surface area (Å²) in [4.78, 5) is 2.56. The van der Waals surface area contributed by atoms with Gasteiger partial charge in [0.15, 0.2) is 0 Å². The molecule has 0 amide bonds. The van der Waals surface area contributed by atoms with Gasteiger partial charge < -0.3 is 10.2 Å². The van der Waals surface area contributed by atoms with Crippen molar-refractivity contribution in [3.05, 3.63) is 29.8 Å². The topological polar surface area (TPSA) is 39.1 Å². The number of rotatable bonds is 3. The lowest BCUT2D eigenvalue weighted by atomic mass is 9.97. The standard InChI is InChI=1S/C16H21N3/c1-19-15-6-7-16(19)11-14(10-15)18-13-4-2-12(3-5-13)8-9-17/h2-5,14-16,18H,6-8,10-11H2,1H3. The van der Waals surface area contributed by atoms with Crippen LogP contribution in [0.4, 0.5) is 5.69 Å². The average Bonchev–Trinajstić information content (AvgIpc) is 2.64. The van der Waals surface area contributed by atoms with Gasteiger partial charge in [-0.2, -0.15) is 5.26 Å². The third-order valence-electron chi connectivity index (χ3n) is 4.71. The minimum Gasteiger partial charge on any atom is -0.382 e. The van der Waals surface area contributed by atoms with Gasteiger partial charge in [-0.1, -0.05) is 12.1 Å². The van der Waals surface area contributed by atoms with Crippen LogP contribution in [0.25, 0.3) is 0 Å². The van der Waals surface area contributed by atoms with Crippen LogP contribution in [0.1, 0.15) is 31.2 Å². The van der Waals surface area contributed by atoms with Crippen molar-refractivity contribution < 1.29 is 0 Å². The van der Waals surface area contributed by atoms with Gasteiger partial charge in [0.1, 0.15) is 0 Å². The molecule has 2 unspecified atom stereocenters. The SMILES string of the molecule is CN1C2CCC1CC(Nc1ccc(CC#N)cc1)C2. The highest BCUT2D eigenvalue weighted by Crippen LogP contribution is 2.35. The molecule has 3 rings (SSSR count). The van der Waals surface area contributed by atoms with E-state index in [0.29, 0.717) is 12.5 Å². The van der Waals surface area contributed by atoms with Crippen LogP contribution in [-0.2, 0) is 6.42 Å². The summed E-state index contributed by atoms with van der Waals surface area (Å²) in [7, 11) is 2.27. The number of fused-ring (bicyclic) bond motifs is 2. The minimum absolute atomic E-state index is 0.499. The fourth-order valence-corrected chi connectivity index (χ4v) is 3.58. The third kappa shape index (κ3) is 2.59. The van der Waals surface area contributed by atoms with E-state index in [-0.39, 0.29) is 0 Å². The van der Waals surface area contributed by atoms with Crippen LogP contribution >= 0.6 is 0 Å². The molecule has 1 aromatic rings. The predicted octanol–water partition coefficient (Wildman–Crippen LogP) is 2.79. The Morgan fingerprint density at radius 1 is 1.21 bits per heavy atom. The van der Waals surface area contributed by atoms with Crippen molar-refractivity contribution in [3.63, 3.8) is 0 Å². The lowest BCUT2D eigenvalue weighted by Gasteiger charge is -2.37. The Labute approximate surface area is 115 Å². The zero-order chi connectivity index (χ0) is 13.2. The highest BCUT2D eigenvalue weighted by molar-refractivity contribution is 5.46. The number of nitrogens with one attached hydrogen (secondary N) is 1. The maximum atomic E-state index is 8.67. The quantitative estimate of drug-likeness (QED) is 0.902. The van der Waals surface area contributed by atoms with Crippen molar-refractivity contribution in [1.82, 2.24) is 4.90 Å². The second kappa shape index (κ2) is 5.22. The molecular weight excluding hydrogens is 234 g/mol. The van der Waals surface area contributed by atoms with E-state index in [1.165, 1.54) is 31.4 Å². The van der Waals surface area contributed by atoms with Crippen LogP contribution in [0.2, 0.25) is 0 Å². The normalized spacial score (nSPS) is 30.0. The van der Waals surface area contributed by atoms with E-state index in [2.05, 4.69) is 47.6 Å². The van der Waals surface area contributed by atoms with E-state index in [4.69, 9.17) is 5.26 Å². The maximum Gasteiger partial charge on any atom is 0.0669 e. The first-order valence-electron chi connectivity index (χ1n) is 7.20. The number of hydrogen-bond donors (Lipinski definition) is 1. The van der Waals surface area contributed by atoms with Gasteiger partial charge in [-0.25, -0.2) is 0 Å². The molecule has 0 saturated carbocycles. The number of nitrogens with zero attached hydrogens (tertiary/aromatic N) is 2. The second-order valence-electron chi connectivity index (χ2n) is 5.89. The van der Waals surface area contributed by atoms with Crippen LogP contribution in [-0.4, -0.2) is 30.1 Å². The van der Waals surface area contributed by atoms with Crippen molar-refractivity contribution in [1.29, 1.82) is 5.26 Å². The average molecular weight is 255 g/mol. The second-order valence-corrected chi connectivity index (χ2v) is 5.89. The van der Waals surface area contributed by atoms with E-state index < -0.39 is 0 Å². The number of benzene rings is 1. The van der Waals surface area contributed by atoms with Gasteiger partial charge in [0.05, 0.1) is 12.5 Å². The first-order valence-corrected chi connectivity index (χ1v) is 7.20. The van der Waals surface area contributed by atoms with Gasteiger partial charge in [-0.05, 0) is 50.4 Å². The highest BCUT2D eigenvalue weighted by Gasteiger charge is 2.38. The van der Waals surface area contributed by atoms with E-state index in [0.717, 1.165) is 17.6 Å². The van der Waals surface area contributed by atoms with Crippen LogP contribution in [0.3, 0.4) is 0 Å². The first kappa shape index (κ1) is 12.5. The summed E-state index contributed by atoms with van der Waals surface area (Å²) in [5.74, 6) is 0. The van der Waals surface area contributed by atoms with Gasteiger partial charge in [-0.3, -0.25) is 0 Å². The first-order chi connectivity index (χ1) is 9.26. The lowest BCUT2D eigenvalue weighted by molar-refractivity contribution is 0.169. The van der Waals surface area contributed by atoms with Gasteiger partial charge in [0.2, 0.25) is 0 Å². The molecule has 1 aromatic carbocycles. The van der Waals surface area contributed by atoms with Gasteiger partial charge in [0, 0.05) is 23.8 Å². The molecular formula is C16H21N3. The van der Waals surface area contributed by atoms with Gasteiger partial charge in [-0.15, -0.1) is 0 Å². The molecule has 2 aliphatic heterocycles. The monoisotopic (exact) mass is 255 g/mol.